The average Bonchev–Trinajstić information content (AvgIpc) is 2.53. The minimum Gasteiger partial charge on any atom is -0.298 e. The molecule has 1 heterocycles. The number of rotatable bonds is 3. The van der Waals surface area contributed by atoms with Crippen LogP contribution in [0.4, 0.5) is 19.0 Å². The highest BCUT2D eigenvalue weighted by molar-refractivity contribution is 7.80. The molecule has 2 aromatic rings. The Labute approximate surface area is 145 Å². The summed E-state index contributed by atoms with van der Waals surface area (Å²) in [5, 5.41) is 2.04. The number of benzene rings is 1. The number of hydrogen-bond acceptors (Lipinski definition) is 4. The fraction of sp³-hybridized carbons (Fsp3) is 0.0714. The topological polar surface area (TPSA) is 66.1 Å². The Balaban J connectivity index is 1.93. The van der Waals surface area contributed by atoms with Crippen LogP contribution in [0.5, 0.6) is 0 Å². The molecule has 10 heteroatoms. The zero-order chi connectivity index (χ0) is 17.7. The Kier molecular flexibility index (Phi) is 5.58. The number of aromatic nitrogens is 1. The van der Waals surface area contributed by atoms with Crippen molar-refractivity contribution in [2.45, 2.75) is 6.18 Å². The molecule has 2 rings (SSSR count). The molecule has 1 aromatic heterocycles. The van der Waals surface area contributed by atoms with Gasteiger partial charge >= 0.3 is 6.18 Å². The van der Waals surface area contributed by atoms with Crippen LogP contribution in [0, 0.1) is 0 Å². The molecule has 0 aliphatic heterocycles. The van der Waals surface area contributed by atoms with Gasteiger partial charge in [0.15, 0.2) is 10.9 Å². The molecule has 1 aromatic carbocycles. The van der Waals surface area contributed by atoms with Crippen LogP contribution in [0.1, 0.15) is 15.9 Å². The minimum atomic E-state index is -4.54. The molecule has 0 bridgehead atoms. The van der Waals surface area contributed by atoms with Gasteiger partial charge in [-0.3, -0.25) is 21.0 Å². The molecule has 0 atom stereocenters. The lowest BCUT2D eigenvalue weighted by Crippen LogP contribution is -2.42. The molecule has 5 nitrogen and oxygen atoms in total. The molecule has 0 aliphatic carbocycles. The molecule has 0 spiro atoms. The number of alkyl halides is 3. The van der Waals surface area contributed by atoms with Crippen molar-refractivity contribution in [3.8, 4) is 0 Å². The summed E-state index contributed by atoms with van der Waals surface area (Å²) in [6, 6.07) is 9.06. The van der Waals surface area contributed by atoms with Gasteiger partial charge in [0.2, 0.25) is 0 Å². The first-order chi connectivity index (χ1) is 11.3. The number of carbonyl (C=O) groups is 1. The first-order valence-electron chi connectivity index (χ1n) is 6.42. The lowest BCUT2D eigenvalue weighted by molar-refractivity contribution is -0.137. The highest BCUT2D eigenvalue weighted by Gasteiger charge is 2.31. The van der Waals surface area contributed by atoms with E-state index in [2.05, 4.69) is 21.2 Å². The number of hydrazine groups is 1. The molecule has 0 radical (unpaired) electrons. The summed E-state index contributed by atoms with van der Waals surface area (Å²) in [6.45, 7) is 0. The van der Waals surface area contributed by atoms with Gasteiger partial charge in [-0.15, -0.1) is 0 Å². The molecule has 0 saturated carbocycles. The molecular weight excluding hydrogens is 365 g/mol. The van der Waals surface area contributed by atoms with Crippen molar-refractivity contribution in [1.29, 1.82) is 0 Å². The Bertz CT molecular complexity index is 755. The molecule has 126 valence electrons. The fourth-order valence-electron chi connectivity index (χ4n) is 1.60. The van der Waals surface area contributed by atoms with Crippen molar-refractivity contribution in [2.75, 3.05) is 5.43 Å². The fourth-order valence-corrected chi connectivity index (χ4v) is 1.95. The van der Waals surface area contributed by atoms with E-state index in [0.29, 0.717) is 11.8 Å². The van der Waals surface area contributed by atoms with E-state index in [1.54, 1.807) is 30.3 Å². The third-order valence-electron chi connectivity index (χ3n) is 2.73. The first-order valence-corrected chi connectivity index (χ1v) is 7.21. The Morgan fingerprint density at radius 2 is 1.88 bits per heavy atom. The van der Waals surface area contributed by atoms with E-state index in [0.717, 1.165) is 6.07 Å². The lowest BCUT2D eigenvalue weighted by Gasteiger charge is -2.13. The standard InChI is InChI=1S/C14H10ClF3N4OS/c15-10-6-9(14(16,17)18)7-19-11(10)21-22-13(24)20-12(23)8-4-2-1-3-5-8/h1-7H,(H,19,21)(H2,20,22,23,24). The van der Waals surface area contributed by atoms with Crippen LogP contribution in [0.25, 0.3) is 0 Å². The Morgan fingerprint density at radius 1 is 1.21 bits per heavy atom. The van der Waals surface area contributed by atoms with E-state index in [1.807, 2.05) is 0 Å². The number of pyridine rings is 1. The van der Waals surface area contributed by atoms with E-state index in [9.17, 15) is 18.0 Å². The summed E-state index contributed by atoms with van der Waals surface area (Å²) < 4.78 is 37.5. The van der Waals surface area contributed by atoms with Gasteiger partial charge in [-0.1, -0.05) is 29.8 Å². The minimum absolute atomic E-state index is 0.0685. The van der Waals surface area contributed by atoms with E-state index >= 15 is 0 Å². The van der Waals surface area contributed by atoms with Crippen molar-refractivity contribution >= 4 is 40.7 Å². The number of amides is 1. The third-order valence-corrected chi connectivity index (χ3v) is 3.22. The van der Waals surface area contributed by atoms with Crippen molar-refractivity contribution < 1.29 is 18.0 Å². The molecular formula is C14H10ClF3N4OS. The maximum absolute atomic E-state index is 12.5. The van der Waals surface area contributed by atoms with Crippen LogP contribution in [0.2, 0.25) is 5.02 Å². The van der Waals surface area contributed by atoms with Crippen molar-refractivity contribution in [1.82, 2.24) is 15.7 Å². The maximum Gasteiger partial charge on any atom is 0.417 e. The van der Waals surface area contributed by atoms with E-state index in [1.165, 1.54) is 0 Å². The number of thiocarbonyl (C=S) groups is 1. The van der Waals surface area contributed by atoms with Crippen LogP contribution in [-0.4, -0.2) is 16.0 Å². The quantitative estimate of drug-likeness (QED) is 0.567. The van der Waals surface area contributed by atoms with Gasteiger partial charge in [-0.05, 0) is 30.4 Å². The van der Waals surface area contributed by atoms with Crippen molar-refractivity contribution in [3.05, 3.63) is 58.7 Å². The van der Waals surface area contributed by atoms with Gasteiger partial charge in [0.1, 0.15) is 0 Å². The summed E-state index contributed by atoms with van der Waals surface area (Å²) in [7, 11) is 0. The lowest BCUT2D eigenvalue weighted by atomic mass is 10.2. The Morgan fingerprint density at radius 3 is 2.46 bits per heavy atom. The highest BCUT2D eigenvalue weighted by atomic mass is 35.5. The predicted molar refractivity (Wildman–Crippen MR) is 87.5 cm³/mol. The summed E-state index contributed by atoms with van der Waals surface area (Å²) in [4.78, 5) is 15.4. The van der Waals surface area contributed by atoms with Gasteiger partial charge in [0, 0.05) is 11.8 Å². The number of anilines is 1. The molecule has 1 amide bonds. The van der Waals surface area contributed by atoms with E-state index in [4.69, 9.17) is 23.8 Å². The van der Waals surface area contributed by atoms with Crippen LogP contribution >= 0.6 is 23.8 Å². The maximum atomic E-state index is 12.5. The second-order valence-corrected chi connectivity index (χ2v) is 5.27. The van der Waals surface area contributed by atoms with E-state index in [-0.39, 0.29) is 16.0 Å². The summed E-state index contributed by atoms with van der Waals surface area (Å²) in [6.07, 6.45) is -3.91. The second kappa shape index (κ2) is 7.45. The zero-order valence-electron chi connectivity index (χ0n) is 11.8. The summed E-state index contributed by atoms with van der Waals surface area (Å²) in [5.41, 5.74) is 4.27. The largest absolute Gasteiger partial charge is 0.417 e. The van der Waals surface area contributed by atoms with Crippen LogP contribution in [0.3, 0.4) is 0 Å². The zero-order valence-corrected chi connectivity index (χ0v) is 13.4. The van der Waals surface area contributed by atoms with Crippen LogP contribution in [0.15, 0.2) is 42.6 Å². The molecule has 0 fully saturated rings. The molecule has 0 aliphatic rings. The number of nitrogens with zero attached hydrogens (tertiary/aromatic N) is 1. The summed E-state index contributed by atoms with van der Waals surface area (Å²) in [5.74, 6) is -0.512. The highest BCUT2D eigenvalue weighted by Crippen LogP contribution is 2.32. The molecule has 24 heavy (non-hydrogen) atoms. The number of hydrogen-bond donors (Lipinski definition) is 3. The van der Waals surface area contributed by atoms with Crippen LogP contribution in [-0.2, 0) is 6.18 Å². The number of nitrogens with one attached hydrogen (secondary N) is 3. The second-order valence-electron chi connectivity index (χ2n) is 4.45. The van der Waals surface area contributed by atoms with Gasteiger partial charge < -0.3 is 0 Å². The summed E-state index contributed by atoms with van der Waals surface area (Å²) >= 11 is 10.6. The molecule has 0 saturated heterocycles. The SMILES string of the molecule is O=C(NC(=S)NNc1ncc(C(F)(F)F)cc1Cl)c1ccccc1. The van der Waals surface area contributed by atoms with Gasteiger partial charge in [0.25, 0.3) is 5.91 Å². The first kappa shape index (κ1) is 18.0. The normalized spacial score (nSPS) is 10.8. The monoisotopic (exact) mass is 374 g/mol. The van der Waals surface area contributed by atoms with Gasteiger partial charge in [-0.25, -0.2) is 4.98 Å². The predicted octanol–water partition coefficient (Wildman–Crippen LogP) is 3.39. The van der Waals surface area contributed by atoms with Crippen LogP contribution < -0.4 is 16.2 Å². The third kappa shape index (κ3) is 4.80. The average molecular weight is 375 g/mol. The Hall–Kier alpha value is -2.39. The van der Waals surface area contributed by atoms with Crippen molar-refractivity contribution in [3.63, 3.8) is 0 Å². The van der Waals surface area contributed by atoms with Gasteiger partial charge in [0.05, 0.1) is 10.6 Å². The number of carbonyl (C=O) groups excluding carboxylic acids is 1. The smallest absolute Gasteiger partial charge is 0.298 e. The van der Waals surface area contributed by atoms with E-state index < -0.39 is 17.6 Å². The molecule has 3 N–H and O–H groups in total. The molecule has 0 unspecified atom stereocenters. The number of halogens is 4. The van der Waals surface area contributed by atoms with Gasteiger partial charge in [-0.2, -0.15) is 13.2 Å². The van der Waals surface area contributed by atoms with Crippen molar-refractivity contribution in [2.24, 2.45) is 0 Å².